The Morgan fingerprint density at radius 1 is 1.00 bits per heavy atom. The third kappa shape index (κ3) is 2.81. The Hall–Kier alpha value is -1.91. The number of benzene rings is 2. The fourth-order valence-corrected chi connectivity index (χ4v) is 3.06. The zero-order valence-electron chi connectivity index (χ0n) is 10.5. The zero-order valence-corrected chi connectivity index (χ0v) is 12.1. The first-order chi connectivity index (χ1) is 9.72. The van der Waals surface area contributed by atoms with E-state index < -0.39 is 0 Å². The summed E-state index contributed by atoms with van der Waals surface area (Å²) >= 11 is 6.28. The van der Waals surface area contributed by atoms with Gasteiger partial charge in [0.25, 0.3) is 5.91 Å². The van der Waals surface area contributed by atoms with E-state index in [-0.39, 0.29) is 5.91 Å². The summed E-state index contributed by atoms with van der Waals surface area (Å²) < 4.78 is 0.514. The van der Waals surface area contributed by atoms with E-state index in [1.807, 2.05) is 36.4 Å². The molecule has 1 aliphatic heterocycles. The molecule has 1 heterocycles. The topological polar surface area (TPSA) is 29.1 Å². The van der Waals surface area contributed by atoms with Crippen LogP contribution in [0, 0.1) is 0 Å². The summed E-state index contributed by atoms with van der Waals surface area (Å²) in [4.78, 5) is 12.3. The average molecular weight is 297 g/mol. The number of thiocarbonyl (C=S) groups is 1. The van der Waals surface area contributed by atoms with E-state index in [0.29, 0.717) is 9.23 Å². The van der Waals surface area contributed by atoms with Gasteiger partial charge in [0.1, 0.15) is 4.32 Å². The van der Waals surface area contributed by atoms with Gasteiger partial charge in [-0.2, -0.15) is 0 Å². The van der Waals surface area contributed by atoms with Gasteiger partial charge < -0.3 is 5.32 Å². The maximum atomic E-state index is 11.7. The normalized spacial score (nSPS) is 16.5. The van der Waals surface area contributed by atoms with Crippen LogP contribution in [0.5, 0.6) is 0 Å². The van der Waals surface area contributed by atoms with E-state index in [2.05, 4.69) is 29.6 Å². The monoisotopic (exact) mass is 297 g/mol. The van der Waals surface area contributed by atoms with Crippen molar-refractivity contribution >= 4 is 40.3 Å². The van der Waals surface area contributed by atoms with Crippen LogP contribution in [0.1, 0.15) is 5.56 Å². The van der Waals surface area contributed by atoms with Gasteiger partial charge in [-0.05, 0) is 28.8 Å². The molecule has 4 heteroatoms. The second kappa shape index (κ2) is 5.61. The maximum absolute atomic E-state index is 11.7. The van der Waals surface area contributed by atoms with E-state index in [4.69, 9.17) is 12.2 Å². The van der Waals surface area contributed by atoms with Crippen molar-refractivity contribution in [3.05, 3.63) is 65.1 Å². The predicted octanol–water partition coefficient (Wildman–Crippen LogP) is 3.84. The Morgan fingerprint density at radius 3 is 2.45 bits per heavy atom. The van der Waals surface area contributed by atoms with Crippen molar-refractivity contribution in [2.75, 3.05) is 0 Å². The molecule has 1 aliphatic rings. The molecule has 20 heavy (non-hydrogen) atoms. The fraction of sp³-hybridized carbons (Fsp3) is 0. The van der Waals surface area contributed by atoms with Crippen molar-refractivity contribution in [2.24, 2.45) is 0 Å². The van der Waals surface area contributed by atoms with Crippen LogP contribution in [0.4, 0.5) is 0 Å². The molecule has 98 valence electrons. The Kier molecular flexibility index (Phi) is 3.67. The maximum Gasteiger partial charge on any atom is 0.263 e. The molecule has 3 rings (SSSR count). The van der Waals surface area contributed by atoms with Crippen LogP contribution in [0.25, 0.3) is 17.2 Å². The molecule has 1 saturated heterocycles. The summed E-state index contributed by atoms with van der Waals surface area (Å²) in [7, 11) is 0. The Balaban J connectivity index is 1.95. The van der Waals surface area contributed by atoms with E-state index in [9.17, 15) is 4.79 Å². The van der Waals surface area contributed by atoms with E-state index in [1.165, 1.54) is 11.8 Å². The molecule has 2 nitrogen and oxygen atoms in total. The lowest BCUT2D eigenvalue weighted by molar-refractivity contribution is -0.115. The number of carbonyl (C=O) groups excluding carboxylic acids is 1. The summed E-state index contributed by atoms with van der Waals surface area (Å²) in [6.45, 7) is 0. The van der Waals surface area contributed by atoms with Crippen LogP contribution in [-0.4, -0.2) is 10.2 Å². The Labute approximate surface area is 126 Å². The van der Waals surface area contributed by atoms with Crippen LogP contribution >= 0.6 is 24.0 Å². The minimum atomic E-state index is -0.120. The van der Waals surface area contributed by atoms with Gasteiger partial charge in [-0.15, -0.1) is 0 Å². The summed E-state index contributed by atoms with van der Waals surface area (Å²) in [6, 6.07) is 18.3. The van der Waals surface area contributed by atoms with Crippen molar-refractivity contribution in [1.82, 2.24) is 5.32 Å². The number of rotatable bonds is 2. The molecule has 0 radical (unpaired) electrons. The van der Waals surface area contributed by atoms with Gasteiger partial charge in [0.05, 0.1) is 4.91 Å². The number of thioether (sulfide) groups is 1. The first kappa shape index (κ1) is 13.1. The second-order valence-corrected chi connectivity index (χ2v) is 6.06. The third-order valence-electron chi connectivity index (χ3n) is 2.93. The molecule has 1 N–H and O–H groups in total. The molecule has 0 spiro atoms. The van der Waals surface area contributed by atoms with Crippen LogP contribution in [0.15, 0.2) is 59.5 Å². The SMILES string of the molecule is O=C1NC(=S)S/C1=C/c1cccc(-c2ccccc2)c1. The van der Waals surface area contributed by atoms with Crippen LogP contribution in [-0.2, 0) is 4.79 Å². The van der Waals surface area contributed by atoms with Crippen molar-refractivity contribution in [1.29, 1.82) is 0 Å². The Morgan fingerprint density at radius 2 is 1.75 bits per heavy atom. The molecule has 0 aromatic heterocycles. The van der Waals surface area contributed by atoms with Crippen molar-refractivity contribution in [3.8, 4) is 11.1 Å². The minimum absolute atomic E-state index is 0.120. The van der Waals surface area contributed by atoms with Gasteiger partial charge in [-0.3, -0.25) is 4.79 Å². The number of hydrogen-bond donors (Lipinski definition) is 1. The van der Waals surface area contributed by atoms with Crippen molar-refractivity contribution in [3.63, 3.8) is 0 Å². The highest BCUT2D eigenvalue weighted by molar-refractivity contribution is 8.26. The molecule has 2 aromatic carbocycles. The van der Waals surface area contributed by atoms with Crippen molar-refractivity contribution < 1.29 is 4.79 Å². The van der Waals surface area contributed by atoms with Gasteiger partial charge in [0.15, 0.2) is 0 Å². The molecule has 0 atom stereocenters. The largest absolute Gasteiger partial charge is 0.307 e. The highest BCUT2D eigenvalue weighted by Crippen LogP contribution is 2.27. The molecule has 0 aliphatic carbocycles. The molecule has 1 fully saturated rings. The third-order valence-corrected chi connectivity index (χ3v) is 4.10. The van der Waals surface area contributed by atoms with Gasteiger partial charge in [-0.1, -0.05) is 72.5 Å². The van der Waals surface area contributed by atoms with Gasteiger partial charge in [0.2, 0.25) is 0 Å². The highest BCUT2D eigenvalue weighted by Gasteiger charge is 2.21. The first-order valence-electron chi connectivity index (χ1n) is 6.13. The van der Waals surface area contributed by atoms with E-state index in [0.717, 1.165) is 16.7 Å². The van der Waals surface area contributed by atoms with Crippen LogP contribution in [0.3, 0.4) is 0 Å². The van der Waals surface area contributed by atoms with Gasteiger partial charge in [0, 0.05) is 0 Å². The smallest absolute Gasteiger partial charge is 0.263 e. The number of carbonyl (C=O) groups is 1. The number of hydrogen-bond acceptors (Lipinski definition) is 3. The summed E-state index contributed by atoms with van der Waals surface area (Å²) in [5.41, 5.74) is 3.28. The molecule has 0 unspecified atom stereocenters. The quantitative estimate of drug-likeness (QED) is 0.674. The van der Waals surface area contributed by atoms with Crippen LogP contribution in [0.2, 0.25) is 0 Å². The molecular formula is C16H11NOS2. The summed E-state index contributed by atoms with van der Waals surface area (Å²) in [6.07, 6.45) is 1.87. The lowest BCUT2D eigenvalue weighted by atomic mass is 10.0. The zero-order chi connectivity index (χ0) is 13.9. The van der Waals surface area contributed by atoms with Gasteiger partial charge >= 0.3 is 0 Å². The van der Waals surface area contributed by atoms with Crippen molar-refractivity contribution in [2.45, 2.75) is 0 Å². The molecular weight excluding hydrogens is 286 g/mol. The lowest BCUT2D eigenvalue weighted by Crippen LogP contribution is -2.17. The first-order valence-corrected chi connectivity index (χ1v) is 7.35. The standard InChI is InChI=1S/C16H11NOS2/c18-15-14(20-16(19)17-15)10-11-5-4-8-13(9-11)12-6-2-1-3-7-12/h1-10H,(H,17,18,19)/b14-10+. The second-order valence-electron chi connectivity index (χ2n) is 4.34. The molecule has 2 aromatic rings. The molecule has 0 bridgehead atoms. The molecule has 0 saturated carbocycles. The summed E-state index contributed by atoms with van der Waals surface area (Å²) in [5.74, 6) is -0.120. The van der Waals surface area contributed by atoms with Crippen LogP contribution < -0.4 is 5.32 Å². The fourth-order valence-electron chi connectivity index (χ4n) is 2.01. The van der Waals surface area contributed by atoms with E-state index >= 15 is 0 Å². The lowest BCUT2D eigenvalue weighted by Gasteiger charge is -2.03. The highest BCUT2D eigenvalue weighted by atomic mass is 32.2. The Bertz CT molecular complexity index is 707. The summed E-state index contributed by atoms with van der Waals surface area (Å²) in [5, 5.41) is 2.62. The average Bonchev–Trinajstić information content (AvgIpc) is 2.78. The molecule has 1 amide bonds. The minimum Gasteiger partial charge on any atom is -0.307 e. The van der Waals surface area contributed by atoms with Gasteiger partial charge in [-0.25, -0.2) is 0 Å². The predicted molar refractivity (Wildman–Crippen MR) is 88.2 cm³/mol. The number of nitrogens with one attached hydrogen (secondary N) is 1. The number of amides is 1. The van der Waals surface area contributed by atoms with E-state index in [1.54, 1.807) is 0 Å².